The van der Waals surface area contributed by atoms with Crippen LogP contribution in [0.5, 0.6) is 0 Å². The van der Waals surface area contributed by atoms with Crippen molar-refractivity contribution in [3.05, 3.63) is 29.1 Å². The topological polar surface area (TPSA) is 41.1 Å². The largest absolute Gasteiger partial charge is 0.371 e. The molecule has 1 aromatic carbocycles. The number of nitrogens with one attached hydrogen (secondary N) is 2. The predicted molar refractivity (Wildman–Crippen MR) is 53.4 cm³/mol. The second-order valence-electron chi connectivity index (χ2n) is 3.25. The van der Waals surface area contributed by atoms with Gasteiger partial charge in [-0.05, 0) is 6.92 Å². The van der Waals surface area contributed by atoms with E-state index >= 15 is 0 Å². The number of hydrogen-bond donors (Lipinski definition) is 2. The number of rotatable bonds is 4. The molecule has 0 aliphatic heterocycles. The summed E-state index contributed by atoms with van der Waals surface area (Å²) in [5.74, 6) is -11.0. The zero-order valence-corrected chi connectivity index (χ0v) is 9.21. The maximum absolute atomic E-state index is 13.1. The average Bonchev–Trinajstić information content (AvgIpc) is 2.34. The molecule has 1 amide bonds. The SMILES string of the molecule is CCNC(=O)CNc1c(F)c(F)c(F)c(F)c1F. The van der Waals surface area contributed by atoms with Gasteiger partial charge >= 0.3 is 0 Å². The van der Waals surface area contributed by atoms with Crippen LogP contribution in [0.3, 0.4) is 0 Å². The molecule has 0 fully saturated rings. The minimum Gasteiger partial charge on any atom is -0.371 e. The number of likely N-dealkylation sites (N-methyl/N-ethyl adjacent to an activating group) is 1. The zero-order valence-electron chi connectivity index (χ0n) is 9.21. The fourth-order valence-corrected chi connectivity index (χ4v) is 1.19. The molecule has 0 heterocycles. The Bertz CT molecular complexity index is 449. The molecule has 3 nitrogen and oxygen atoms in total. The Morgan fingerprint density at radius 2 is 1.39 bits per heavy atom. The highest BCUT2D eigenvalue weighted by Gasteiger charge is 2.25. The Morgan fingerprint density at radius 1 is 0.944 bits per heavy atom. The van der Waals surface area contributed by atoms with Crippen LogP contribution in [0.2, 0.25) is 0 Å². The normalized spacial score (nSPS) is 10.3. The summed E-state index contributed by atoms with van der Waals surface area (Å²) in [4.78, 5) is 11.0. The summed E-state index contributed by atoms with van der Waals surface area (Å²) in [5.41, 5.74) is -1.22. The lowest BCUT2D eigenvalue weighted by molar-refractivity contribution is -0.119. The fourth-order valence-electron chi connectivity index (χ4n) is 1.19. The molecular formula is C10H9F5N2O. The number of amides is 1. The van der Waals surface area contributed by atoms with Crippen molar-refractivity contribution in [1.82, 2.24) is 5.32 Å². The van der Waals surface area contributed by atoms with Gasteiger partial charge in [-0.15, -0.1) is 0 Å². The van der Waals surface area contributed by atoms with E-state index in [4.69, 9.17) is 0 Å². The molecule has 0 saturated carbocycles. The van der Waals surface area contributed by atoms with Gasteiger partial charge in [-0.1, -0.05) is 0 Å². The van der Waals surface area contributed by atoms with Crippen molar-refractivity contribution in [2.75, 3.05) is 18.4 Å². The summed E-state index contributed by atoms with van der Waals surface area (Å²) < 4.78 is 64.5. The van der Waals surface area contributed by atoms with Gasteiger partial charge in [-0.25, -0.2) is 22.0 Å². The Balaban J connectivity index is 2.99. The van der Waals surface area contributed by atoms with Crippen LogP contribution < -0.4 is 10.6 Å². The van der Waals surface area contributed by atoms with E-state index in [1.165, 1.54) is 0 Å². The van der Waals surface area contributed by atoms with E-state index in [9.17, 15) is 26.7 Å². The number of hydrogen-bond acceptors (Lipinski definition) is 2. The minimum atomic E-state index is -2.24. The summed E-state index contributed by atoms with van der Waals surface area (Å²) in [7, 11) is 0. The molecule has 1 aromatic rings. The van der Waals surface area contributed by atoms with Crippen LogP contribution in [0.25, 0.3) is 0 Å². The first-order chi connectivity index (χ1) is 8.40. The van der Waals surface area contributed by atoms with E-state index in [-0.39, 0.29) is 6.54 Å². The van der Waals surface area contributed by atoms with Gasteiger partial charge in [0.15, 0.2) is 23.3 Å². The third-order valence-corrected chi connectivity index (χ3v) is 2.01. The highest BCUT2D eigenvalue weighted by Crippen LogP contribution is 2.26. The molecule has 0 spiro atoms. The number of benzene rings is 1. The lowest BCUT2D eigenvalue weighted by atomic mass is 10.2. The highest BCUT2D eigenvalue weighted by molar-refractivity contribution is 5.80. The van der Waals surface area contributed by atoms with Crippen molar-refractivity contribution < 1.29 is 26.7 Å². The molecule has 8 heteroatoms. The molecule has 0 aliphatic carbocycles. The van der Waals surface area contributed by atoms with Crippen molar-refractivity contribution in [3.8, 4) is 0 Å². The number of carbonyl (C=O) groups excluding carboxylic acids is 1. The standard InChI is InChI=1S/C10H9F5N2O/c1-2-16-4(18)3-17-10-8(14)6(12)5(11)7(13)9(10)15/h17H,2-3H2,1H3,(H,16,18). The summed E-state index contributed by atoms with van der Waals surface area (Å²) in [6.07, 6.45) is 0. The Labute approximate surface area is 99.0 Å². The van der Waals surface area contributed by atoms with E-state index in [1.807, 2.05) is 5.32 Å². The first kappa shape index (κ1) is 14.2. The molecule has 0 saturated heterocycles. The van der Waals surface area contributed by atoms with Crippen LogP contribution in [0.1, 0.15) is 6.92 Å². The lowest BCUT2D eigenvalue weighted by Crippen LogP contribution is -2.30. The molecule has 0 unspecified atom stereocenters. The second kappa shape index (κ2) is 5.65. The molecule has 0 aromatic heterocycles. The van der Waals surface area contributed by atoms with Gasteiger partial charge in [-0.2, -0.15) is 0 Å². The Kier molecular flexibility index (Phi) is 4.46. The van der Waals surface area contributed by atoms with E-state index in [2.05, 4.69) is 5.32 Å². The monoisotopic (exact) mass is 268 g/mol. The first-order valence-corrected chi connectivity index (χ1v) is 4.92. The third-order valence-electron chi connectivity index (χ3n) is 2.01. The van der Waals surface area contributed by atoms with Crippen molar-refractivity contribution in [2.45, 2.75) is 6.92 Å². The van der Waals surface area contributed by atoms with Gasteiger partial charge in [0.2, 0.25) is 11.7 Å². The fraction of sp³-hybridized carbons (Fsp3) is 0.300. The maximum Gasteiger partial charge on any atom is 0.239 e. The van der Waals surface area contributed by atoms with Gasteiger partial charge < -0.3 is 10.6 Å². The number of carbonyl (C=O) groups is 1. The minimum absolute atomic E-state index is 0.275. The van der Waals surface area contributed by atoms with Crippen molar-refractivity contribution >= 4 is 11.6 Å². The quantitative estimate of drug-likeness (QED) is 0.497. The molecule has 2 N–H and O–H groups in total. The summed E-state index contributed by atoms with van der Waals surface area (Å²) in [6.45, 7) is 1.28. The van der Waals surface area contributed by atoms with Crippen LogP contribution in [0.4, 0.5) is 27.6 Å². The molecular weight excluding hydrogens is 259 g/mol. The average molecular weight is 268 g/mol. The highest BCUT2D eigenvalue weighted by atomic mass is 19.2. The van der Waals surface area contributed by atoms with Gasteiger partial charge in [-0.3, -0.25) is 4.79 Å². The van der Waals surface area contributed by atoms with E-state index in [1.54, 1.807) is 6.92 Å². The number of halogens is 5. The Morgan fingerprint density at radius 3 is 1.83 bits per heavy atom. The van der Waals surface area contributed by atoms with Gasteiger partial charge in [0.05, 0.1) is 6.54 Å². The van der Waals surface area contributed by atoms with Gasteiger partial charge in [0, 0.05) is 6.54 Å². The van der Waals surface area contributed by atoms with E-state index in [0.717, 1.165) is 0 Å². The second-order valence-corrected chi connectivity index (χ2v) is 3.25. The lowest BCUT2D eigenvalue weighted by Gasteiger charge is -2.10. The third kappa shape index (κ3) is 2.69. The van der Waals surface area contributed by atoms with Crippen molar-refractivity contribution in [3.63, 3.8) is 0 Å². The van der Waals surface area contributed by atoms with Crippen LogP contribution in [0.15, 0.2) is 0 Å². The zero-order chi connectivity index (χ0) is 13.9. The summed E-state index contributed by atoms with van der Waals surface area (Å²) in [6, 6.07) is 0. The summed E-state index contributed by atoms with van der Waals surface area (Å²) in [5, 5.41) is 4.15. The maximum atomic E-state index is 13.1. The summed E-state index contributed by atoms with van der Waals surface area (Å²) >= 11 is 0. The van der Waals surface area contributed by atoms with Gasteiger partial charge in [0.25, 0.3) is 0 Å². The molecule has 0 atom stereocenters. The predicted octanol–water partition coefficient (Wildman–Crippen LogP) is 1.93. The molecule has 0 radical (unpaired) electrons. The molecule has 0 bridgehead atoms. The van der Waals surface area contributed by atoms with Crippen LogP contribution in [0, 0.1) is 29.1 Å². The van der Waals surface area contributed by atoms with Gasteiger partial charge in [0.1, 0.15) is 5.69 Å². The molecule has 1 rings (SSSR count). The van der Waals surface area contributed by atoms with Crippen LogP contribution in [-0.2, 0) is 4.79 Å². The molecule has 18 heavy (non-hydrogen) atoms. The van der Waals surface area contributed by atoms with Crippen LogP contribution in [-0.4, -0.2) is 19.0 Å². The first-order valence-electron chi connectivity index (χ1n) is 4.92. The van der Waals surface area contributed by atoms with Crippen molar-refractivity contribution in [2.24, 2.45) is 0 Å². The number of anilines is 1. The molecule has 0 aliphatic rings. The smallest absolute Gasteiger partial charge is 0.239 e. The molecule has 100 valence electrons. The Hall–Kier alpha value is -1.86. The van der Waals surface area contributed by atoms with E-state index in [0.29, 0.717) is 0 Å². The van der Waals surface area contributed by atoms with Crippen molar-refractivity contribution in [1.29, 1.82) is 0 Å². The van der Waals surface area contributed by atoms with Crippen LogP contribution >= 0.6 is 0 Å². The van der Waals surface area contributed by atoms with E-state index < -0.39 is 47.2 Å².